The van der Waals surface area contributed by atoms with Crippen LogP contribution in [0.5, 0.6) is 0 Å². The first kappa shape index (κ1) is 11.2. The minimum Gasteiger partial charge on any atom is -0.0651 e. The van der Waals surface area contributed by atoms with Crippen molar-refractivity contribution in [2.24, 2.45) is 0 Å². The van der Waals surface area contributed by atoms with Crippen LogP contribution in [0.25, 0.3) is 10.8 Å². The van der Waals surface area contributed by atoms with E-state index in [1.165, 1.54) is 29.2 Å². The van der Waals surface area contributed by atoms with E-state index in [0.29, 0.717) is 5.92 Å². The summed E-state index contributed by atoms with van der Waals surface area (Å²) in [5.41, 5.74) is 3.07. The van der Waals surface area contributed by atoms with Crippen molar-refractivity contribution in [2.45, 2.75) is 39.5 Å². The van der Waals surface area contributed by atoms with E-state index in [9.17, 15) is 0 Å². The number of rotatable bonds is 3. The van der Waals surface area contributed by atoms with Crippen molar-refractivity contribution in [1.82, 2.24) is 0 Å². The molecule has 0 saturated carbocycles. The minimum absolute atomic E-state index is 0.604. The zero-order valence-electron chi connectivity index (χ0n) is 10.5. The topological polar surface area (TPSA) is 0 Å². The van der Waals surface area contributed by atoms with Gasteiger partial charge < -0.3 is 0 Å². The molecule has 0 radical (unpaired) electrons. The molecule has 84 valence electrons. The molecule has 0 amide bonds. The Balaban J connectivity index is 2.69. The lowest BCUT2D eigenvalue weighted by molar-refractivity contribution is 0.830. The smallest absolute Gasteiger partial charge is 0.0147 e. The molecule has 0 fully saturated rings. The summed E-state index contributed by atoms with van der Waals surface area (Å²) >= 11 is 0. The van der Waals surface area contributed by atoms with Crippen LogP contribution in [0.3, 0.4) is 0 Å². The maximum absolute atomic E-state index is 2.31. The summed E-state index contributed by atoms with van der Waals surface area (Å²) in [6.07, 6.45) is 2.41. The van der Waals surface area contributed by atoms with Gasteiger partial charge in [-0.3, -0.25) is 0 Å². The summed E-state index contributed by atoms with van der Waals surface area (Å²) in [4.78, 5) is 0. The van der Waals surface area contributed by atoms with Gasteiger partial charge in [0.25, 0.3) is 0 Å². The predicted molar refractivity (Wildman–Crippen MR) is 72.0 cm³/mol. The first-order valence-electron chi connectivity index (χ1n) is 6.24. The molecular formula is C16H20. The second-order valence-electron chi connectivity index (χ2n) is 4.76. The van der Waals surface area contributed by atoms with Crippen molar-refractivity contribution >= 4 is 10.8 Å². The molecule has 0 nitrogen and oxygen atoms in total. The zero-order valence-corrected chi connectivity index (χ0v) is 10.5. The van der Waals surface area contributed by atoms with Gasteiger partial charge in [0, 0.05) is 0 Å². The highest BCUT2D eigenvalue weighted by Gasteiger charge is 2.09. The van der Waals surface area contributed by atoms with Gasteiger partial charge in [0.2, 0.25) is 0 Å². The molecule has 2 aromatic carbocycles. The Labute approximate surface area is 98.3 Å². The number of aryl methyl sites for hydroxylation is 1. The molecule has 0 aliphatic rings. The third kappa shape index (κ3) is 1.97. The monoisotopic (exact) mass is 212 g/mol. The van der Waals surface area contributed by atoms with E-state index in [-0.39, 0.29) is 0 Å². The summed E-state index contributed by atoms with van der Waals surface area (Å²) in [6, 6.07) is 13.3. The lowest BCUT2D eigenvalue weighted by Gasteiger charge is -2.15. The van der Waals surface area contributed by atoms with Crippen LogP contribution >= 0.6 is 0 Å². The minimum atomic E-state index is 0.604. The Bertz CT molecular complexity index is 480. The SMILES string of the molecule is CCCc1ccc2ccccc2c1C(C)C. The number of benzene rings is 2. The van der Waals surface area contributed by atoms with Gasteiger partial charge in [-0.1, -0.05) is 63.6 Å². The Hall–Kier alpha value is -1.30. The molecule has 16 heavy (non-hydrogen) atoms. The van der Waals surface area contributed by atoms with Gasteiger partial charge in [-0.15, -0.1) is 0 Å². The molecule has 2 rings (SSSR count). The fraction of sp³-hybridized carbons (Fsp3) is 0.375. The van der Waals surface area contributed by atoms with Crippen molar-refractivity contribution in [3.63, 3.8) is 0 Å². The Morgan fingerprint density at radius 3 is 2.44 bits per heavy atom. The van der Waals surface area contributed by atoms with Crippen LogP contribution in [0.1, 0.15) is 44.2 Å². The summed E-state index contributed by atoms with van der Waals surface area (Å²) in [5, 5.41) is 2.80. The van der Waals surface area contributed by atoms with Crippen LogP contribution in [0.4, 0.5) is 0 Å². The van der Waals surface area contributed by atoms with Crippen molar-refractivity contribution in [3.8, 4) is 0 Å². The standard InChI is InChI=1S/C16H20/c1-4-7-14-11-10-13-8-5-6-9-15(13)16(14)12(2)3/h5-6,8-12H,4,7H2,1-3H3. The van der Waals surface area contributed by atoms with Crippen LogP contribution in [0.2, 0.25) is 0 Å². The predicted octanol–water partition coefficient (Wildman–Crippen LogP) is 4.92. The number of fused-ring (bicyclic) bond motifs is 1. The quantitative estimate of drug-likeness (QED) is 0.677. The van der Waals surface area contributed by atoms with Crippen molar-refractivity contribution in [3.05, 3.63) is 47.5 Å². The van der Waals surface area contributed by atoms with Gasteiger partial charge in [-0.05, 0) is 34.2 Å². The second kappa shape index (κ2) is 4.69. The lowest BCUT2D eigenvalue weighted by atomic mass is 9.89. The Kier molecular flexibility index (Phi) is 3.28. The third-order valence-electron chi connectivity index (χ3n) is 3.16. The van der Waals surface area contributed by atoms with Crippen molar-refractivity contribution < 1.29 is 0 Å². The molecule has 0 aliphatic heterocycles. The molecule has 0 spiro atoms. The van der Waals surface area contributed by atoms with Crippen LogP contribution in [-0.2, 0) is 6.42 Å². The molecule has 0 heteroatoms. The molecular weight excluding hydrogens is 192 g/mol. The molecule has 0 atom stereocenters. The van der Waals surface area contributed by atoms with Gasteiger partial charge in [-0.2, -0.15) is 0 Å². The summed E-state index contributed by atoms with van der Waals surface area (Å²) < 4.78 is 0. The molecule has 0 aliphatic carbocycles. The maximum Gasteiger partial charge on any atom is -0.0147 e. The first-order chi connectivity index (χ1) is 7.74. The van der Waals surface area contributed by atoms with E-state index in [1.807, 2.05) is 0 Å². The average Bonchev–Trinajstić information content (AvgIpc) is 2.28. The summed E-state index contributed by atoms with van der Waals surface area (Å²) in [5.74, 6) is 0.604. The van der Waals surface area contributed by atoms with E-state index in [0.717, 1.165) is 0 Å². The highest BCUT2D eigenvalue weighted by atomic mass is 14.1. The normalized spacial score (nSPS) is 11.2. The van der Waals surface area contributed by atoms with E-state index < -0.39 is 0 Å². The second-order valence-corrected chi connectivity index (χ2v) is 4.76. The van der Waals surface area contributed by atoms with Crippen LogP contribution < -0.4 is 0 Å². The Morgan fingerprint density at radius 1 is 1.00 bits per heavy atom. The number of hydrogen-bond acceptors (Lipinski definition) is 0. The first-order valence-corrected chi connectivity index (χ1v) is 6.24. The van der Waals surface area contributed by atoms with E-state index in [1.54, 1.807) is 5.56 Å². The summed E-state index contributed by atoms with van der Waals surface area (Å²) in [6.45, 7) is 6.83. The lowest BCUT2D eigenvalue weighted by Crippen LogP contribution is -1.97. The highest BCUT2D eigenvalue weighted by Crippen LogP contribution is 2.29. The molecule has 0 bridgehead atoms. The fourth-order valence-corrected chi connectivity index (χ4v) is 2.51. The summed E-state index contributed by atoms with van der Waals surface area (Å²) in [7, 11) is 0. The van der Waals surface area contributed by atoms with Gasteiger partial charge in [0.15, 0.2) is 0 Å². The van der Waals surface area contributed by atoms with Crippen LogP contribution in [0, 0.1) is 0 Å². The highest BCUT2D eigenvalue weighted by molar-refractivity contribution is 5.87. The van der Waals surface area contributed by atoms with Crippen LogP contribution in [-0.4, -0.2) is 0 Å². The molecule has 0 saturated heterocycles. The van der Waals surface area contributed by atoms with Gasteiger partial charge in [0.1, 0.15) is 0 Å². The average molecular weight is 212 g/mol. The fourth-order valence-electron chi connectivity index (χ4n) is 2.51. The van der Waals surface area contributed by atoms with Gasteiger partial charge in [-0.25, -0.2) is 0 Å². The molecule has 2 aromatic rings. The van der Waals surface area contributed by atoms with Crippen LogP contribution in [0.15, 0.2) is 36.4 Å². The van der Waals surface area contributed by atoms with Crippen molar-refractivity contribution in [1.29, 1.82) is 0 Å². The van der Waals surface area contributed by atoms with Gasteiger partial charge in [0.05, 0.1) is 0 Å². The van der Waals surface area contributed by atoms with Gasteiger partial charge >= 0.3 is 0 Å². The maximum atomic E-state index is 2.31. The van der Waals surface area contributed by atoms with E-state index in [2.05, 4.69) is 57.2 Å². The third-order valence-corrected chi connectivity index (χ3v) is 3.16. The largest absolute Gasteiger partial charge is 0.0651 e. The Morgan fingerprint density at radius 2 is 1.75 bits per heavy atom. The van der Waals surface area contributed by atoms with E-state index in [4.69, 9.17) is 0 Å². The molecule has 0 aromatic heterocycles. The molecule has 0 N–H and O–H groups in total. The van der Waals surface area contributed by atoms with Crippen molar-refractivity contribution in [2.75, 3.05) is 0 Å². The number of hydrogen-bond donors (Lipinski definition) is 0. The zero-order chi connectivity index (χ0) is 11.5. The van der Waals surface area contributed by atoms with E-state index >= 15 is 0 Å². The molecule has 0 heterocycles. The molecule has 0 unspecified atom stereocenters.